The van der Waals surface area contributed by atoms with Crippen molar-refractivity contribution in [1.82, 2.24) is 29.6 Å². The molecular weight excluding hydrogens is 612 g/mol. The Morgan fingerprint density at radius 3 is 2.06 bits per heavy atom. The number of hydrogen-bond acceptors (Lipinski definition) is 5. The SMILES string of the molecule is CCc1c(C)[nH]c2ccc(-c3cc(C(=O)N4CCN(C5CCN(C(=O)C6CCN(C(C)=O)CC6)CC5)CC4)cc(-c4ccccc4)n3)cc12. The van der Waals surface area contributed by atoms with Gasteiger partial charge in [0.2, 0.25) is 11.8 Å². The van der Waals surface area contributed by atoms with Crippen molar-refractivity contribution >= 4 is 28.6 Å². The Labute approximate surface area is 289 Å². The van der Waals surface area contributed by atoms with Gasteiger partial charge < -0.3 is 19.7 Å². The van der Waals surface area contributed by atoms with Crippen LogP contribution in [0.3, 0.4) is 0 Å². The standard InChI is InChI=1S/C40H48N6O3/c1-4-34-27(2)41-36-11-10-31(24-35(34)36)38-26-32(25-37(42-38)29-8-6-5-7-9-29)40(49)46-22-20-44(21-23-46)33-14-18-45(19-15-33)39(48)30-12-16-43(17-13-30)28(3)47/h5-11,24-26,30,33,41H,4,12-23H2,1-3H3. The number of pyridine rings is 1. The number of piperazine rings is 1. The van der Waals surface area contributed by atoms with Crippen molar-refractivity contribution in [3.63, 3.8) is 0 Å². The largest absolute Gasteiger partial charge is 0.358 e. The van der Waals surface area contributed by atoms with Crippen LogP contribution in [-0.2, 0) is 16.0 Å². The van der Waals surface area contributed by atoms with Crippen LogP contribution in [0.25, 0.3) is 33.4 Å². The summed E-state index contributed by atoms with van der Waals surface area (Å²) in [6.45, 7) is 11.9. The Morgan fingerprint density at radius 2 is 1.41 bits per heavy atom. The normalized spacial score (nSPS) is 18.3. The molecule has 1 N–H and O–H groups in total. The van der Waals surface area contributed by atoms with Gasteiger partial charge in [-0.1, -0.05) is 43.3 Å². The molecule has 3 amide bonds. The van der Waals surface area contributed by atoms with Crippen LogP contribution in [0.5, 0.6) is 0 Å². The number of fused-ring (bicyclic) bond motifs is 1. The predicted molar refractivity (Wildman–Crippen MR) is 193 cm³/mol. The van der Waals surface area contributed by atoms with Crippen LogP contribution in [0.15, 0.2) is 60.7 Å². The van der Waals surface area contributed by atoms with Crippen molar-refractivity contribution in [2.75, 3.05) is 52.4 Å². The zero-order chi connectivity index (χ0) is 34.1. The lowest BCUT2D eigenvalue weighted by atomic mass is 9.93. The minimum Gasteiger partial charge on any atom is -0.358 e. The van der Waals surface area contributed by atoms with Gasteiger partial charge in [0.15, 0.2) is 0 Å². The van der Waals surface area contributed by atoms with Crippen LogP contribution in [0.1, 0.15) is 61.1 Å². The highest BCUT2D eigenvalue weighted by Gasteiger charge is 2.34. The fraction of sp³-hybridized carbons (Fsp3) is 0.450. The quantitative estimate of drug-likeness (QED) is 0.283. The number of carbonyl (C=O) groups excluding carboxylic acids is 3. The average Bonchev–Trinajstić information content (AvgIpc) is 3.48. The predicted octanol–water partition coefficient (Wildman–Crippen LogP) is 5.78. The monoisotopic (exact) mass is 660 g/mol. The van der Waals surface area contributed by atoms with Gasteiger partial charge in [0.25, 0.3) is 5.91 Å². The first-order valence-electron chi connectivity index (χ1n) is 18.1. The first kappa shape index (κ1) is 33.0. The van der Waals surface area contributed by atoms with E-state index in [1.165, 1.54) is 16.6 Å². The lowest BCUT2D eigenvalue weighted by molar-refractivity contribution is -0.141. The Balaban J connectivity index is 1.01. The number of aryl methyl sites for hydroxylation is 2. The van der Waals surface area contributed by atoms with Gasteiger partial charge in [-0.15, -0.1) is 0 Å². The third-order valence-electron chi connectivity index (χ3n) is 11.1. The van der Waals surface area contributed by atoms with Gasteiger partial charge in [0, 0.05) is 105 Å². The number of rotatable bonds is 6. The number of benzene rings is 2. The van der Waals surface area contributed by atoms with Gasteiger partial charge in [-0.05, 0) is 68.9 Å². The summed E-state index contributed by atoms with van der Waals surface area (Å²) in [6, 6.07) is 20.9. The van der Waals surface area contributed by atoms with E-state index in [0.717, 1.165) is 86.3 Å². The third-order valence-corrected chi connectivity index (χ3v) is 11.1. The van der Waals surface area contributed by atoms with Crippen LogP contribution in [0, 0.1) is 12.8 Å². The molecule has 3 fully saturated rings. The first-order chi connectivity index (χ1) is 23.8. The average molecular weight is 661 g/mol. The molecule has 9 nitrogen and oxygen atoms in total. The van der Waals surface area contributed by atoms with Gasteiger partial charge >= 0.3 is 0 Å². The minimum atomic E-state index is 0.0346. The number of carbonyl (C=O) groups is 3. The molecule has 3 aliphatic rings. The molecule has 0 radical (unpaired) electrons. The number of amides is 3. The van der Waals surface area contributed by atoms with Crippen LogP contribution in [0.2, 0.25) is 0 Å². The number of nitrogens with one attached hydrogen (secondary N) is 1. The molecule has 5 heterocycles. The number of likely N-dealkylation sites (tertiary alicyclic amines) is 2. The fourth-order valence-electron chi connectivity index (χ4n) is 8.18. The molecule has 2 aromatic heterocycles. The molecule has 0 aliphatic carbocycles. The van der Waals surface area contributed by atoms with E-state index in [9.17, 15) is 14.4 Å². The van der Waals surface area contributed by atoms with Gasteiger partial charge in [0.1, 0.15) is 0 Å². The molecule has 0 saturated carbocycles. The van der Waals surface area contributed by atoms with E-state index < -0.39 is 0 Å². The highest BCUT2D eigenvalue weighted by atomic mass is 16.2. The maximum Gasteiger partial charge on any atom is 0.254 e. The highest BCUT2D eigenvalue weighted by molar-refractivity contribution is 5.97. The first-order valence-corrected chi connectivity index (χ1v) is 18.1. The molecule has 3 saturated heterocycles. The summed E-state index contributed by atoms with van der Waals surface area (Å²) < 4.78 is 0. The van der Waals surface area contributed by atoms with Crippen molar-refractivity contribution < 1.29 is 14.4 Å². The van der Waals surface area contributed by atoms with Gasteiger partial charge in [0.05, 0.1) is 11.4 Å². The lowest BCUT2D eigenvalue weighted by Gasteiger charge is -2.43. The third kappa shape index (κ3) is 6.86. The Hall–Kier alpha value is -4.50. The fourth-order valence-corrected chi connectivity index (χ4v) is 8.18. The summed E-state index contributed by atoms with van der Waals surface area (Å²) in [5, 5.41) is 1.21. The van der Waals surface area contributed by atoms with E-state index in [1.807, 2.05) is 57.2 Å². The second-order valence-electron chi connectivity index (χ2n) is 14.0. The van der Waals surface area contributed by atoms with E-state index >= 15 is 0 Å². The molecule has 0 spiro atoms. The van der Waals surface area contributed by atoms with Crippen molar-refractivity contribution in [2.24, 2.45) is 5.92 Å². The van der Waals surface area contributed by atoms with Gasteiger partial charge in [-0.2, -0.15) is 0 Å². The summed E-state index contributed by atoms with van der Waals surface area (Å²) in [5.74, 6) is 0.441. The number of aromatic amines is 1. The summed E-state index contributed by atoms with van der Waals surface area (Å²) in [6.07, 6.45) is 4.40. The maximum atomic E-state index is 14.1. The molecule has 2 aromatic carbocycles. The molecule has 3 aliphatic heterocycles. The van der Waals surface area contributed by atoms with E-state index in [1.54, 1.807) is 6.92 Å². The molecule has 4 aromatic rings. The van der Waals surface area contributed by atoms with Crippen LogP contribution in [-0.4, -0.2) is 106 Å². The summed E-state index contributed by atoms with van der Waals surface area (Å²) in [5.41, 5.74) is 7.89. The number of H-pyrrole nitrogens is 1. The highest BCUT2D eigenvalue weighted by Crippen LogP contribution is 2.31. The van der Waals surface area contributed by atoms with E-state index in [2.05, 4.69) is 41.9 Å². The molecule has 7 rings (SSSR count). The Morgan fingerprint density at radius 1 is 0.755 bits per heavy atom. The summed E-state index contributed by atoms with van der Waals surface area (Å²) >= 11 is 0. The zero-order valence-electron chi connectivity index (χ0n) is 29.1. The summed E-state index contributed by atoms with van der Waals surface area (Å²) in [4.78, 5) is 56.0. The second-order valence-corrected chi connectivity index (χ2v) is 14.0. The van der Waals surface area contributed by atoms with Crippen LogP contribution in [0.4, 0.5) is 0 Å². The second kappa shape index (κ2) is 14.2. The number of aromatic nitrogens is 2. The molecule has 9 heteroatoms. The smallest absolute Gasteiger partial charge is 0.254 e. The molecule has 0 atom stereocenters. The van der Waals surface area contributed by atoms with Crippen molar-refractivity contribution in [1.29, 1.82) is 0 Å². The molecular formula is C40H48N6O3. The van der Waals surface area contributed by atoms with Crippen molar-refractivity contribution in [2.45, 2.75) is 58.9 Å². The number of nitrogens with zero attached hydrogens (tertiary/aromatic N) is 5. The minimum absolute atomic E-state index is 0.0346. The number of hydrogen-bond donors (Lipinski definition) is 1. The molecule has 49 heavy (non-hydrogen) atoms. The zero-order valence-corrected chi connectivity index (χ0v) is 29.1. The van der Waals surface area contributed by atoms with E-state index in [-0.39, 0.29) is 23.6 Å². The van der Waals surface area contributed by atoms with Gasteiger partial charge in [-0.3, -0.25) is 19.3 Å². The topological polar surface area (TPSA) is 92.9 Å². The molecule has 256 valence electrons. The van der Waals surface area contributed by atoms with E-state index in [0.29, 0.717) is 37.8 Å². The molecule has 0 unspecified atom stereocenters. The van der Waals surface area contributed by atoms with Crippen molar-refractivity contribution in [3.05, 3.63) is 77.5 Å². The molecule has 0 bridgehead atoms. The van der Waals surface area contributed by atoms with Gasteiger partial charge in [-0.25, -0.2) is 4.98 Å². The van der Waals surface area contributed by atoms with E-state index in [4.69, 9.17) is 4.98 Å². The van der Waals surface area contributed by atoms with Crippen molar-refractivity contribution in [3.8, 4) is 22.5 Å². The maximum absolute atomic E-state index is 14.1. The summed E-state index contributed by atoms with van der Waals surface area (Å²) in [7, 11) is 0. The Kier molecular flexibility index (Phi) is 9.54. The lowest BCUT2D eigenvalue weighted by Crippen LogP contribution is -2.55. The Bertz CT molecular complexity index is 1830. The number of piperidine rings is 2. The van der Waals surface area contributed by atoms with Crippen LogP contribution < -0.4 is 0 Å². The van der Waals surface area contributed by atoms with Crippen LogP contribution >= 0.6 is 0 Å².